The molecule has 0 aromatic carbocycles. The van der Waals surface area contributed by atoms with Gasteiger partial charge in [0.2, 0.25) is 5.91 Å². The molecule has 0 spiro atoms. The molecule has 7 heteroatoms. The number of carboxylic acid groups (broad SMARTS) is 1. The molecule has 0 aromatic heterocycles. The molecule has 0 aliphatic carbocycles. The summed E-state index contributed by atoms with van der Waals surface area (Å²) < 4.78 is 0. The van der Waals surface area contributed by atoms with Gasteiger partial charge in [0.25, 0.3) is 0 Å². The second kappa shape index (κ2) is 6.29. The Kier molecular flexibility index (Phi) is 5.41. The third-order valence-corrected chi connectivity index (χ3v) is 1.70. The summed E-state index contributed by atoms with van der Waals surface area (Å²) in [4.78, 5) is 32.4. The average Bonchev–Trinajstić information content (AvgIpc) is 2.16. The lowest BCUT2D eigenvalue weighted by Crippen LogP contribution is -2.51. The van der Waals surface area contributed by atoms with Crippen molar-refractivity contribution in [3.8, 4) is 12.3 Å². The molecule has 0 aliphatic rings. The van der Waals surface area contributed by atoms with Crippen LogP contribution in [-0.2, 0) is 9.59 Å². The minimum absolute atomic E-state index is 0.145. The Morgan fingerprint density at radius 3 is 2.38 bits per heavy atom. The standard InChI is InChI=1S/C9H13N3O4/c1-3-4-6(8(14)15)12-9(16)11-5(2)7(10)13/h1,5-6H,4H2,2H3,(H2,10,13)(H,14,15)(H2,11,12,16). The molecule has 0 radical (unpaired) electrons. The number of nitrogens with two attached hydrogens (primary N) is 1. The predicted molar refractivity (Wildman–Crippen MR) is 55.2 cm³/mol. The van der Waals surface area contributed by atoms with Crippen molar-refractivity contribution in [2.75, 3.05) is 0 Å². The molecule has 0 heterocycles. The lowest BCUT2D eigenvalue weighted by Gasteiger charge is -2.15. The van der Waals surface area contributed by atoms with E-state index in [1.165, 1.54) is 6.92 Å². The van der Waals surface area contributed by atoms with Crippen LogP contribution in [0, 0.1) is 12.3 Å². The van der Waals surface area contributed by atoms with Gasteiger partial charge in [-0.2, -0.15) is 0 Å². The zero-order chi connectivity index (χ0) is 12.7. The maximum absolute atomic E-state index is 11.2. The van der Waals surface area contributed by atoms with Crippen LogP contribution >= 0.6 is 0 Å². The molecule has 16 heavy (non-hydrogen) atoms. The molecule has 0 bridgehead atoms. The molecule has 0 aromatic rings. The average molecular weight is 227 g/mol. The first kappa shape index (κ1) is 13.8. The van der Waals surface area contributed by atoms with Gasteiger partial charge >= 0.3 is 12.0 Å². The summed E-state index contributed by atoms with van der Waals surface area (Å²) in [6.45, 7) is 1.37. The smallest absolute Gasteiger partial charge is 0.327 e. The zero-order valence-electron chi connectivity index (χ0n) is 8.69. The molecule has 2 atom stereocenters. The van der Waals surface area contributed by atoms with E-state index in [0.29, 0.717) is 0 Å². The second-order valence-corrected chi connectivity index (χ2v) is 3.04. The zero-order valence-corrected chi connectivity index (χ0v) is 8.69. The molecular formula is C9H13N3O4. The summed E-state index contributed by atoms with van der Waals surface area (Å²) in [6.07, 6.45) is 4.79. The fourth-order valence-electron chi connectivity index (χ4n) is 0.786. The number of nitrogens with one attached hydrogen (secondary N) is 2. The van der Waals surface area contributed by atoms with E-state index in [-0.39, 0.29) is 6.42 Å². The molecule has 0 fully saturated rings. The third-order valence-electron chi connectivity index (χ3n) is 1.70. The van der Waals surface area contributed by atoms with E-state index in [0.717, 1.165) is 0 Å². The highest BCUT2D eigenvalue weighted by Crippen LogP contribution is 1.91. The summed E-state index contributed by atoms with van der Waals surface area (Å²) in [5.74, 6) is 0.142. The third kappa shape index (κ3) is 4.85. The van der Waals surface area contributed by atoms with Crippen molar-refractivity contribution < 1.29 is 19.5 Å². The van der Waals surface area contributed by atoms with Crippen LogP contribution in [0.2, 0.25) is 0 Å². The number of carboxylic acids is 1. The van der Waals surface area contributed by atoms with Crippen LogP contribution in [0.4, 0.5) is 4.79 Å². The molecule has 0 rings (SSSR count). The van der Waals surface area contributed by atoms with Gasteiger partial charge in [-0.15, -0.1) is 12.3 Å². The highest BCUT2D eigenvalue weighted by molar-refractivity contribution is 5.87. The van der Waals surface area contributed by atoms with Crippen LogP contribution < -0.4 is 16.4 Å². The SMILES string of the molecule is C#CCC(NC(=O)NC(C)C(N)=O)C(=O)O. The van der Waals surface area contributed by atoms with Crippen molar-refractivity contribution in [3.63, 3.8) is 0 Å². The van der Waals surface area contributed by atoms with Gasteiger partial charge in [0.1, 0.15) is 12.1 Å². The number of carbonyl (C=O) groups is 3. The largest absolute Gasteiger partial charge is 0.480 e. The van der Waals surface area contributed by atoms with Gasteiger partial charge in [0.05, 0.1) is 0 Å². The van der Waals surface area contributed by atoms with E-state index in [1.807, 2.05) is 0 Å². The lowest BCUT2D eigenvalue weighted by atomic mass is 10.2. The first-order chi connectivity index (χ1) is 7.38. The van der Waals surface area contributed by atoms with Gasteiger partial charge in [0, 0.05) is 6.42 Å². The van der Waals surface area contributed by atoms with E-state index in [4.69, 9.17) is 17.3 Å². The van der Waals surface area contributed by atoms with Gasteiger partial charge in [-0.25, -0.2) is 9.59 Å². The van der Waals surface area contributed by atoms with Crippen LogP contribution in [0.5, 0.6) is 0 Å². The Balaban J connectivity index is 4.26. The molecule has 0 aliphatic heterocycles. The quantitative estimate of drug-likeness (QED) is 0.433. The van der Waals surface area contributed by atoms with E-state index in [9.17, 15) is 14.4 Å². The number of carbonyl (C=O) groups excluding carboxylic acids is 2. The van der Waals surface area contributed by atoms with Crippen LogP contribution in [0.15, 0.2) is 0 Å². The molecule has 3 amide bonds. The lowest BCUT2D eigenvalue weighted by molar-refractivity contribution is -0.139. The Labute approximate surface area is 92.4 Å². The van der Waals surface area contributed by atoms with Gasteiger partial charge in [-0.1, -0.05) is 0 Å². The topological polar surface area (TPSA) is 122 Å². The number of terminal acetylenes is 1. The Morgan fingerprint density at radius 1 is 1.44 bits per heavy atom. The highest BCUT2D eigenvalue weighted by atomic mass is 16.4. The minimum atomic E-state index is -1.25. The predicted octanol–water partition coefficient (Wildman–Crippen LogP) is -1.36. The molecule has 7 nitrogen and oxygen atoms in total. The van der Waals surface area contributed by atoms with Crippen molar-refractivity contribution in [2.24, 2.45) is 5.73 Å². The van der Waals surface area contributed by atoms with E-state index in [2.05, 4.69) is 16.6 Å². The minimum Gasteiger partial charge on any atom is -0.480 e. The number of hydrogen-bond acceptors (Lipinski definition) is 3. The van der Waals surface area contributed by atoms with Gasteiger partial charge in [-0.3, -0.25) is 4.79 Å². The summed E-state index contributed by atoms with van der Waals surface area (Å²) in [5, 5.41) is 12.9. The number of aliphatic carboxylic acids is 1. The van der Waals surface area contributed by atoms with Crippen LogP contribution in [-0.4, -0.2) is 35.1 Å². The van der Waals surface area contributed by atoms with Crippen molar-refractivity contribution in [2.45, 2.75) is 25.4 Å². The monoisotopic (exact) mass is 227 g/mol. The van der Waals surface area contributed by atoms with E-state index < -0.39 is 30.0 Å². The van der Waals surface area contributed by atoms with Gasteiger partial charge in [0.15, 0.2) is 0 Å². The normalized spacial score (nSPS) is 13.0. The summed E-state index contributed by atoms with van der Waals surface area (Å²) in [7, 11) is 0. The van der Waals surface area contributed by atoms with Crippen LogP contribution in [0.3, 0.4) is 0 Å². The summed E-state index contributed by atoms with van der Waals surface area (Å²) in [5.41, 5.74) is 4.90. The van der Waals surface area contributed by atoms with E-state index in [1.54, 1.807) is 0 Å². The van der Waals surface area contributed by atoms with Crippen LogP contribution in [0.25, 0.3) is 0 Å². The van der Waals surface area contributed by atoms with Gasteiger partial charge in [-0.05, 0) is 6.92 Å². The first-order valence-corrected chi connectivity index (χ1v) is 4.41. The molecule has 2 unspecified atom stereocenters. The number of urea groups is 1. The Morgan fingerprint density at radius 2 is 2.00 bits per heavy atom. The fraction of sp³-hybridized carbons (Fsp3) is 0.444. The summed E-state index contributed by atoms with van der Waals surface area (Å²) in [6, 6.07) is -2.89. The Hall–Kier alpha value is -2.23. The molecule has 5 N–H and O–H groups in total. The molecule has 0 saturated heterocycles. The van der Waals surface area contributed by atoms with E-state index >= 15 is 0 Å². The number of amides is 3. The first-order valence-electron chi connectivity index (χ1n) is 4.41. The second-order valence-electron chi connectivity index (χ2n) is 3.04. The summed E-state index contributed by atoms with van der Waals surface area (Å²) >= 11 is 0. The number of rotatable bonds is 5. The molecular weight excluding hydrogens is 214 g/mol. The Bertz CT molecular complexity index is 334. The number of primary amides is 1. The maximum Gasteiger partial charge on any atom is 0.327 e. The number of hydrogen-bond donors (Lipinski definition) is 4. The fourth-order valence-corrected chi connectivity index (χ4v) is 0.786. The van der Waals surface area contributed by atoms with Crippen molar-refractivity contribution in [1.29, 1.82) is 0 Å². The van der Waals surface area contributed by atoms with Crippen LogP contribution in [0.1, 0.15) is 13.3 Å². The maximum atomic E-state index is 11.2. The van der Waals surface area contributed by atoms with Crippen molar-refractivity contribution >= 4 is 17.9 Å². The molecule has 88 valence electrons. The van der Waals surface area contributed by atoms with Crippen molar-refractivity contribution in [1.82, 2.24) is 10.6 Å². The highest BCUT2D eigenvalue weighted by Gasteiger charge is 2.20. The van der Waals surface area contributed by atoms with Crippen molar-refractivity contribution in [3.05, 3.63) is 0 Å². The van der Waals surface area contributed by atoms with Gasteiger partial charge < -0.3 is 21.5 Å². The molecule has 0 saturated carbocycles.